The number of rotatable bonds is 3. The summed E-state index contributed by atoms with van der Waals surface area (Å²) in [6.45, 7) is 2.59. The molecule has 1 aromatic heterocycles. The Bertz CT molecular complexity index is 619. The number of hydrogen-bond donors (Lipinski definition) is 2. The molecular formula is C8H10N4O3S. The first-order chi connectivity index (χ1) is 7.54. The van der Waals surface area contributed by atoms with Crippen LogP contribution in [0.1, 0.15) is 6.92 Å². The van der Waals surface area contributed by atoms with E-state index in [1.54, 1.807) is 12.1 Å². The standard InChI is InChI=1S/C8H10N4O3S/c1-2-9-6-4-3-5-7-8(6)10-11-12(7)16(13,14)15/h3-5,9H,2H2,1H3,(H,13,14,15). The molecule has 0 unspecified atom stereocenters. The molecule has 0 aliphatic heterocycles. The highest BCUT2D eigenvalue weighted by Crippen LogP contribution is 2.21. The van der Waals surface area contributed by atoms with Gasteiger partial charge in [0.2, 0.25) is 0 Å². The number of aromatic nitrogens is 3. The minimum atomic E-state index is -4.40. The molecule has 0 saturated carbocycles. The monoisotopic (exact) mass is 242 g/mol. The molecule has 7 nitrogen and oxygen atoms in total. The summed E-state index contributed by atoms with van der Waals surface area (Å²) in [7, 11) is -4.40. The molecule has 2 rings (SSSR count). The minimum Gasteiger partial charge on any atom is -0.383 e. The molecule has 0 atom stereocenters. The number of benzene rings is 1. The van der Waals surface area contributed by atoms with Crippen LogP contribution < -0.4 is 5.32 Å². The van der Waals surface area contributed by atoms with Crippen LogP contribution in [0, 0.1) is 0 Å². The predicted octanol–water partition coefficient (Wildman–Crippen LogP) is 0.514. The zero-order chi connectivity index (χ0) is 11.8. The van der Waals surface area contributed by atoms with Crippen molar-refractivity contribution in [1.29, 1.82) is 0 Å². The third-order valence-corrected chi connectivity index (χ3v) is 2.74. The number of anilines is 1. The van der Waals surface area contributed by atoms with Crippen molar-refractivity contribution >= 4 is 27.0 Å². The summed E-state index contributed by atoms with van der Waals surface area (Å²) in [5.74, 6) is 0. The van der Waals surface area contributed by atoms with Gasteiger partial charge in [-0.05, 0) is 24.3 Å². The third-order valence-electron chi connectivity index (χ3n) is 2.03. The second kappa shape index (κ2) is 3.72. The topological polar surface area (TPSA) is 97.1 Å². The smallest absolute Gasteiger partial charge is 0.380 e. The molecule has 2 N–H and O–H groups in total. The molecule has 0 aliphatic carbocycles. The summed E-state index contributed by atoms with van der Waals surface area (Å²) in [5.41, 5.74) is 1.32. The summed E-state index contributed by atoms with van der Waals surface area (Å²) < 4.78 is 31.3. The number of fused-ring (bicyclic) bond motifs is 1. The highest BCUT2D eigenvalue weighted by atomic mass is 32.2. The number of nitrogens with zero attached hydrogens (tertiary/aromatic N) is 3. The van der Waals surface area contributed by atoms with E-state index in [0.29, 0.717) is 21.8 Å². The van der Waals surface area contributed by atoms with Gasteiger partial charge in [-0.15, -0.1) is 9.19 Å². The van der Waals surface area contributed by atoms with Crippen LogP contribution in [0.25, 0.3) is 11.0 Å². The minimum absolute atomic E-state index is 0.237. The Labute approximate surface area is 92.0 Å². The molecule has 0 bridgehead atoms. The molecule has 0 fully saturated rings. The fourth-order valence-electron chi connectivity index (χ4n) is 1.43. The van der Waals surface area contributed by atoms with Gasteiger partial charge in [0.25, 0.3) is 0 Å². The van der Waals surface area contributed by atoms with Gasteiger partial charge in [-0.25, -0.2) is 0 Å². The summed E-state index contributed by atoms with van der Waals surface area (Å²) in [6, 6.07) is 4.93. The molecule has 0 amide bonds. The first kappa shape index (κ1) is 10.8. The van der Waals surface area contributed by atoms with Crippen LogP contribution in [0.2, 0.25) is 0 Å². The highest BCUT2D eigenvalue weighted by Gasteiger charge is 2.16. The van der Waals surface area contributed by atoms with Gasteiger partial charge >= 0.3 is 10.3 Å². The zero-order valence-electron chi connectivity index (χ0n) is 8.45. The third kappa shape index (κ3) is 1.72. The van der Waals surface area contributed by atoms with Crippen molar-refractivity contribution < 1.29 is 13.0 Å². The average molecular weight is 242 g/mol. The molecule has 16 heavy (non-hydrogen) atoms. The molecule has 1 heterocycles. The van der Waals surface area contributed by atoms with Crippen LogP contribution in [0.15, 0.2) is 18.2 Å². The van der Waals surface area contributed by atoms with E-state index in [-0.39, 0.29) is 5.52 Å². The fourth-order valence-corrected chi connectivity index (χ4v) is 1.95. The van der Waals surface area contributed by atoms with Crippen molar-refractivity contribution in [3.05, 3.63) is 18.2 Å². The first-order valence-corrected chi connectivity index (χ1v) is 6.00. The van der Waals surface area contributed by atoms with E-state index in [1.807, 2.05) is 6.92 Å². The van der Waals surface area contributed by atoms with Crippen molar-refractivity contribution in [3.63, 3.8) is 0 Å². The summed E-state index contributed by atoms with van der Waals surface area (Å²) in [5, 5.41) is 10.1. The summed E-state index contributed by atoms with van der Waals surface area (Å²) >= 11 is 0. The van der Waals surface area contributed by atoms with Gasteiger partial charge in [0, 0.05) is 6.54 Å². The Morgan fingerprint density at radius 3 is 2.88 bits per heavy atom. The van der Waals surface area contributed by atoms with E-state index in [9.17, 15) is 8.42 Å². The van der Waals surface area contributed by atoms with Crippen LogP contribution in [-0.4, -0.2) is 33.9 Å². The molecule has 0 spiro atoms. The maximum atomic E-state index is 11.0. The Balaban J connectivity index is 2.71. The van der Waals surface area contributed by atoms with Crippen molar-refractivity contribution in [2.75, 3.05) is 11.9 Å². The molecule has 86 valence electrons. The van der Waals surface area contributed by atoms with Crippen molar-refractivity contribution in [3.8, 4) is 0 Å². The molecule has 1 aromatic carbocycles. The number of nitrogens with one attached hydrogen (secondary N) is 1. The van der Waals surface area contributed by atoms with Crippen LogP contribution >= 0.6 is 0 Å². The second-order valence-electron chi connectivity index (χ2n) is 3.11. The quantitative estimate of drug-likeness (QED) is 0.761. The van der Waals surface area contributed by atoms with Crippen LogP contribution in [-0.2, 0) is 10.3 Å². The summed E-state index contributed by atoms with van der Waals surface area (Å²) in [6.07, 6.45) is 0. The van der Waals surface area contributed by atoms with Gasteiger partial charge < -0.3 is 5.32 Å². The Morgan fingerprint density at radius 2 is 2.25 bits per heavy atom. The van der Waals surface area contributed by atoms with E-state index in [4.69, 9.17) is 4.55 Å². The van der Waals surface area contributed by atoms with Crippen LogP contribution in [0.5, 0.6) is 0 Å². The van der Waals surface area contributed by atoms with Gasteiger partial charge in [-0.2, -0.15) is 8.42 Å². The maximum Gasteiger partial charge on any atom is 0.380 e. The molecule has 8 heteroatoms. The van der Waals surface area contributed by atoms with Crippen LogP contribution in [0.4, 0.5) is 5.69 Å². The SMILES string of the molecule is CCNc1cccc2c1nnn2S(=O)(=O)O. The Kier molecular flexibility index (Phi) is 2.52. The predicted molar refractivity (Wildman–Crippen MR) is 58.6 cm³/mol. The summed E-state index contributed by atoms with van der Waals surface area (Å²) in [4.78, 5) is 0. The molecule has 0 saturated heterocycles. The van der Waals surface area contributed by atoms with Crippen molar-refractivity contribution in [2.24, 2.45) is 0 Å². The van der Waals surface area contributed by atoms with Crippen molar-refractivity contribution in [1.82, 2.24) is 14.4 Å². The van der Waals surface area contributed by atoms with Crippen LogP contribution in [0.3, 0.4) is 0 Å². The van der Waals surface area contributed by atoms with Crippen molar-refractivity contribution in [2.45, 2.75) is 6.92 Å². The zero-order valence-corrected chi connectivity index (χ0v) is 9.27. The lowest BCUT2D eigenvalue weighted by Gasteiger charge is -2.02. The van der Waals surface area contributed by atoms with E-state index >= 15 is 0 Å². The molecule has 2 aromatic rings. The van der Waals surface area contributed by atoms with Gasteiger partial charge in [0.05, 0.1) is 5.69 Å². The fraction of sp³-hybridized carbons (Fsp3) is 0.250. The average Bonchev–Trinajstić information content (AvgIpc) is 2.62. The van der Waals surface area contributed by atoms with E-state index < -0.39 is 10.3 Å². The lowest BCUT2D eigenvalue weighted by atomic mass is 10.2. The maximum absolute atomic E-state index is 11.0. The Morgan fingerprint density at radius 1 is 1.50 bits per heavy atom. The largest absolute Gasteiger partial charge is 0.383 e. The normalized spacial score (nSPS) is 11.9. The lowest BCUT2D eigenvalue weighted by Crippen LogP contribution is -2.12. The molecule has 0 radical (unpaired) electrons. The number of hydrogen-bond acceptors (Lipinski definition) is 5. The lowest BCUT2D eigenvalue weighted by molar-refractivity contribution is 0.466. The van der Waals surface area contributed by atoms with Gasteiger partial charge in [0.15, 0.2) is 0 Å². The highest BCUT2D eigenvalue weighted by molar-refractivity contribution is 7.84. The first-order valence-electron chi connectivity index (χ1n) is 4.60. The van der Waals surface area contributed by atoms with Gasteiger partial charge in [-0.3, -0.25) is 4.55 Å². The van der Waals surface area contributed by atoms with E-state index in [2.05, 4.69) is 15.6 Å². The second-order valence-corrected chi connectivity index (χ2v) is 4.36. The Hall–Kier alpha value is -1.67. The van der Waals surface area contributed by atoms with E-state index in [1.165, 1.54) is 6.07 Å². The van der Waals surface area contributed by atoms with E-state index in [0.717, 1.165) is 0 Å². The molecular weight excluding hydrogens is 232 g/mol. The molecule has 0 aliphatic rings. The van der Waals surface area contributed by atoms with Gasteiger partial charge in [0.1, 0.15) is 11.0 Å². The van der Waals surface area contributed by atoms with Gasteiger partial charge in [-0.1, -0.05) is 6.07 Å².